The van der Waals surface area contributed by atoms with Crippen molar-refractivity contribution in [3.63, 3.8) is 0 Å². The van der Waals surface area contributed by atoms with Crippen LogP contribution in [0.15, 0.2) is 60.7 Å². The topological polar surface area (TPSA) is 29.5 Å². The van der Waals surface area contributed by atoms with Crippen LogP contribution in [0.4, 0.5) is 0 Å². The minimum absolute atomic E-state index is 0.0795. The fourth-order valence-electron chi connectivity index (χ4n) is 2.88. The molecular formula is C21H22O2. The first kappa shape index (κ1) is 15.6. The summed E-state index contributed by atoms with van der Waals surface area (Å²) in [5.74, 6) is 0.749. The predicted octanol–water partition coefficient (Wildman–Crippen LogP) is 5.35. The first-order chi connectivity index (χ1) is 11.1. The Hall–Kier alpha value is -2.32. The molecule has 0 unspecified atom stereocenters. The number of hydrogen-bond acceptors (Lipinski definition) is 2. The Balaban J connectivity index is 2.14. The van der Waals surface area contributed by atoms with Gasteiger partial charge in [-0.2, -0.15) is 0 Å². The van der Waals surface area contributed by atoms with Gasteiger partial charge in [0.05, 0.1) is 12.2 Å². The molecule has 0 aromatic heterocycles. The molecule has 3 aromatic rings. The van der Waals surface area contributed by atoms with Crippen molar-refractivity contribution < 1.29 is 9.84 Å². The monoisotopic (exact) mass is 306 g/mol. The number of aliphatic hydroxyl groups excluding tert-OH is 1. The van der Waals surface area contributed by atoms with E-state index in [1.807, 2.05) is 32.0 Å². The van der Waals surface area contributed by atoms with E-state index in [0.717, 1.165) is 16.9 Å². The van der Waals surface area contributed by atoms with Crippen LogP contribution in [0.3, 0.4) is 0 Å². The van der Waals surface area contributed by atoms with Gasteiger partial charge in [0, 0.05) is 5.56 Å². The number of hydrogen-bond donors (Lipinski definition) is 1. The van der Waals surface area contributed by atoms with Crippen LogP contribution < -0.4 is 4.74 Å². The van der Waals surface area contributed by atoms with Crippen molar-refractivity contribution in [2.24, 2.45) is 0 Å². The number of benzene rings is 3. The normalized spacial score (nSPS) is 12.6. The quantitative estimate of drug-likeness (QED) is 0.704. The summed E-state index contributed by atoms with van der Waals surface area (Å²) in [6.45, 7) is 5.75. The molecule has 0 aliphatic rings. The number of rotatable bonds is 4. The molecule has 0 saturated heterocycles. The van der Waals surface area contributed by atoms with E-state index < -0.39 is 6.10 Å². The van der Waals surface area contributed by atoms with Gasteiger partial charge in [0.2, 0.25) is 0 Å². The molecule has 0 amide bonds. The van der Waals surface area contributed by atoms with Gasteiger partial charge in [-0.05, 0) is 54.8 Å². The van der Waals surface area contributed by atoms with Crippen LogP contribution in [0.2, 0.25) is 0 Å². The highest BCUT2D eigenvalue weighted by molar-refractivity contribution is 5.96. The summed E-state index contributed by atoms with van der Waals surface area (Å²) in [7, 11) is 0. The van der Waals surface area contributed by atoms with Gasteiger partial charge in [-0.3, -0.25) is 0 Å². The molecule has 0 aliphatic carbocycles. The van der Waals surface area contributed by atoms with Gasteiger partial charge in [-0.25, -0.2) is 0 Å². The van der Waals surface area contributed by atoms with E-state index in [9.17, 15) is 5.11 Å². The molecule has 0 radical (unpaired) electrons. The van der Waals surface area contributed by atoms with E-state index in [-0.39, 0.29) is 6.10 Å². The summed E-state index contributed by atoms with van der Waals surface area (Å²) in [5.41, 5.74) is 3.08. The Labute approximate surface area is 137 Å². The summed E-state index contributed by atoms with van der Waals surface area (Å²) in [6.07, 6.45) is -0.491. The largest absolute Gasteiger partial charge is 0.491 e. The molecule has 118 valence electrons. The molecule has 0 heterocycles. The maximum atomic E-state index is 10.1. The summed E-state index contributed by atoms with van der Waals surface area (Å²) in [6, 6.07) is 20.7. The molecule has 2 nitrogen and oxygen atoms in total. The third kappa shape index (κ3) is 3.22. The summed E-state index contributed by atoms with van der Waals surface area (Å²) in [4.78, 5) is 0. The van der Waals surface area contributed by atoms with Crippen molar-refractivity contribution in [2.75, 3.05) is 0 Å². The Kier molecular flexibility index (Phi) is 4.35. The van der Waals surface area contributed by atoms with E-state index in [1.165, 1.54) is 16.3 Å². The molecular weight excluding hydrogens is 284 g/mol. The van der Waals surface area contributed by atoms with Crippen LogP contribution in [-0.4, -0.2) is 11.2 Å². The fourth-order valence-corrected chi connectivity index (χ4v) is 2.88. The molecule has 1 atom stereocenters. The highest BCUT2D eigenvalue weighted by atomic mass is 16.5. The van der Waals surface area contributed by atoms with Crippen LogP contribution in [-0.2, 0) is 0 Å². The van der Waals surface area contributed by atoms with Crippen LogP contribution in [0.5, 0.6) is 5.75 Å². The minimum Gasteiger partial charge on any atom is -0.491 e. The van der Waals surface area contributed by atoms with Gasteiger partial charge in [0.15, 0.2) is 0 Å². The second-order valence-electron chi connectivity index (χ2n) is 6.12. The van der Waals surface area contributed by atoms with Gasteiger partial charge in [0.1, 0.15) is 5.75 Å². The Morgan fingerprint density at radius 3 is 2.35 bits per heavy atom. The molecule has 0 spiro atoms. The lowest BCUT2D eigenvalue weighted by Gasteiger charge is -2.18. The first-order valence-electron chi connectivity index (χ1n) is 8.03. The second kappa shape index (κ2) is 6.43. The van der Waals surface area contributed by atoms with Gasteiger partial charge < -0.3 is 9.84 Å². The number of aliphatic hydroxyl groups is 1. The predicted molar refractivity (Wildman–Crippen MR) is 95.8 cm³/mol. The molecule has 3 aromatic carbocycles. The molecule has 3 rings (SSSR count). The van der Waals surface area contributed by atoms with Crippen molar-refractivity contribution in [1.82, 2.24) is 0 Å². The Morgan fingerprint density at radius 2 is 1.61 bits per heavy atom. The SMILES string of the molecule is CC(C)Oc1ccc(-c2cccc3ccccc23)cc1[C@H](C)O. The summed E-state index contributed by atoms with van der Waals surface area (Å²) in [5, 5.41) is 12.5. The van der Waals surface area contributed by atoms with Crippen LogP contribution in [0.25, 0.3) is 21.9 Å². The van der Waals surface area contributed by atoms with Crippen molar-refractivity contribution in [1.29, 1.82) is 0 Å². The van der Waals surface area contributed by atoms with Crippen molar-refractivity contribution in [2.45, 2.75) is 33.0 Å². The Bertz CT molecular complexity index is 814. The van der Waals surface area contributed by atoms with Crippen LogP contribution in [0, 0.1) is 0 Å². The fraction of sp³-hybridized carbons (Fsp3) is 0.238. The standard InChI is InChI=1S/C21H22O2/c1-14(2)23-21-12-11-17(13-20(21)15(3)22)19-10-6-8-16-7-4-5-9-18(16)19/h4-15,22H,1-3H3/t15-/m0/s1. The zero-order valence-corrected chi connectivity index (χ0v) is 13.8. The molecule has 0 fully saturated rings. The number of ether oxygens (including phenoxy) is 1. The third-order valence-corrected chi connectivity index (χ3v) is 3.92. The lowest BCUT2D eigenvalue weighted by atomic mass is 9.95. The van der Waals surface area contributed by atoms with Gasteiger partial charge in [-0.15, -0.1) is 0 Å². The maximum Gasteiger partial charge on any atom is 0.125 e. The summed E-state index contributed by atoms with van der Waals surface area (Å²) >= 11 is 0. The molecule has 2 heteroatoms. The van der Waals surface area contributed by atoms with E-state index in [0.29, 0.717) is 0 Å². The number of fused-ring (bicyclic) bond motifs is 1. The highest BCUT2D eigenvalue weighted by Gasteiger charge is 2.13. The lowest BCUT2D eigenvalue weighted by molar-refractivity contribution is 0.183. The molecule has 0 bridgehead atoms. The van der Waals surface area contributed by atoms with E-state index in [2.05, 4.69) is 42.5 Å². The smallest absolute Gasteiger partial charge is 0.125 e. The van der Waals surface area contributed by atoms with Gasteiger partial charge >= 0.3 is 0 Å². The first-order valence-corrected chi connectivity index (χ1v) is 8.03. The molecule has 1 N–H and O–H groups in total. The minimum atomic E-state index is -0.571. The van der Waals surface area contributed by atoms with E-state index in [4.69, 9.17) is 4.74 Å². The van der Waals surface area contributed by atoms with E-state index in [1.54, 1.807) is 6.92 Å². The van der Waals surface area contributed by atoms with E-state index >= 15 is 0 Å². The average Bonchev–Trinajstić information content (AvgIpc) is 2.54. The van der Waals surface area contributed by atoms with Crippen molar-refractivity contribution >= 4 is 10.8 Å². The van der Waals surface area contributed by atoms with Gasteiger partial charge in [-0.1, -0.05) is 48.5 Å². The van der Waals surface area contributed by atoms with Crippen LogP contribution >= 0.6 is 0 Å². The van der Waals surface area contributed by atoms with Gasteiger partial charge in [0.25, 0.3) is 0 Å². The molecule has 23 heavy (non-hydrogen) atoms. The lowest BCUT2D eigenvalue weighted by Crippen LogP contribution is -2.08. The molecule has 0 aliphatic heterocycles. The van der Waals surface area contributed by atoms with Crippen molar-refractivity contribution in [3.05, 3.63) is 66.2 Å². The van der Waals surface area contributed by atoms with Crippen LogP contribution in [0.1, 0.15) is 32.4 Å². The van der Waals surface area contributed by atoms with Crippen molar-refractivity contribution in [3.8, 4) is 16.9 Å². The zero-order chi connectivity index (χ0) is 16.4. The Morgan fingerprint density at radius 1 is 0.870 bits per heavy atom. The average molecular weight is 306 g/mol. The highest BCUT2D eigenvalue weighted by Crippen LogP contribution is 2.34. The maximum absolute atomic E-state index is 10.1. The molecule has 0 saturated carbocycles. The summed E-state index contributed by atoms with van der Waals surface area (Å²) < 4.78 is 5.82. The third-order valence-electron chi connectivity index (χ3n) is 3.92. The zero-order valence-electron chi connectivity index (χ0n) is 13.8. The second-order valence-corrected chi connectivity index (χ2v) is 6.12.